The molecule has 0 aliphatic rings. The number of hydrogen-bond acceptors (Lipinski definition) is 5. The van der Waals surface area contributed by atoms with Crippen LogP contribution in [0, 0.1) is 10.1 Å². The first-order valence-electron chi connectivity index (χ1n) is 6.79. The van der Waals surface area contributed by atoms with Crippen LogP contribution in [0.15, 0.2) is 46.9 Å². The van der Waals surface area contributed by atoms with Gasteiger partial charge in [-0.15, -0.1) is 0 Å². The summed E-state index contributed by atoms with van der Waals surface area (Å²) in [7, 11) is 0. The summed E-state index contributed by atoms with van der Waals surface area (Å²) in [5.41, 5.74) is 4.22. The molecular weight excluding hydrogens is 418 g/mol. The molecule has 130 valence electrons. The summed E-state index contributed by atoms with van der Waals surface area (Å²) in [6.45, 7) is -0.517. The van der Waals surface area contributed by atoms with E-state index in [0.717, 1.165) is 0 Å². The zero-order valence-corrected chi connectivity index (χ0v) is 14.8. The van der Waals surface area contributed by atoms with E-state index in [1.807, 2.05) is 0 Å². The zero-order valence-electron chi connectivity index (χ0n) is 12.5. The first-order valence-corrected chi connectivity index (χ1v) is 7.96. The molecule has 0 unspecified atom stereocenters. The third kappa shape index (κ3) is 5.16. The van der Waals surface area contributed by atoms with E-state index >= 15 is 0 Å². The molecule has 10 heteroatoms. The molecule has 25 heavy (non-hydrogen) atoms. The van der Waals surface area contributed by atoms with Crippen molar-refractivity contribution < 1.29 is 19.2 Å². The highest BCUT2D eigenvalue weighted by Gasteiger charge is 2.16. The lowest BCUT2D eigenvalue weighted by atomic mass is 10.2. The van der Waals surface area contributed by atoms with Crippen molar-refractivity contribution >= 4 is 45.0 Å². The Kier molecular flexibility index (Phi) is 6.31. The topological polar surface area (TPSA) is 111 Å². The number of nitro benzene ring substituents is 1. The predicted molar refractivity (Wildman–Crippen MR) is 93.4 cm³/mol. The standard InChI is InChI=1S/C15H11BrClN3O5/c16-9-5-6-11(17)10(7-9)15(22)19-18-14(21)8-25-13-4-2-1-3-12(13)20(23)24/h1-7H,8H2,(H,18,21)(H,19,22). The van der Waals surface area contributed by atoms with Crippen LogP contribution in [0.3, 0.4) is 0 Å². The van der Waals surface area contributed by atoms with Gasteiger partial charge >= 0.3 is 5.69 Å². The van der Waals surface area contributed by atoms with Gasteiger partial charge in [0.25, 0.3) is 11.8 Å². The van der Waals surface area contributed by atoms with Crippen molar-refractivity contribution in [2.45, 2.75) is 0 Å². The second kappa shape index (κ2) is 8.45. The molecule has 0 radical (unpaired) electrons. The fourth-order valence-corrected chi connectivity index (χ4v) is 2.34. The minimum Gasteiger partial charge on any atom is -0.477 e. The zero-order chi connectivity index (χ0) is 18.4. The maximum absolute atomic E-state index is 12.0. The van der Waals surface area contributed by atoms with Gasteiger partial charge in [-0.1, -0.05) is 39.7 Å². The third-order valence-electron chi connectivity index (χ3n) is 2.91. The molecule has 2 rings (SSSR count). The quantitative estimate of drug-likeness (QED) is 0.562. The molecule has 0 saturated heterocycles. The van der Waals surface area contributed by atoms with Crippen molar-refractivity contribution in [1.82, 2.24) is 10.9 Å². The van der Waals surface area contributed by atoms with E-state index in [1.165, 1.54) is 36.4 Å². The molecule has 0 bridgehead atoms. The van der Waals surface area contributed by atoms with Crippen LogP contribution in [0.1, 0.15) is 10.4 Å². The Morgan fingerprint density at radius 3 is 2.64 bits per heavy atom. The summed E-state index contributed by atoms with van der Waals surface area (Å²) in [6.07, 6.45) is 0. The lowest BCUT2D eigenvalue weighted by Gasteiger charge is -2.10. The van der Waals surface area contributed by atoms with Gasteiger partial charge in [-0.05, 0) is 24.3 Å². The maximum Gasteiger partial charge on any atom is 0.310 e. The predicted octanol–water partition coefficient (Wildman–Crippen LogP) is 2.85. The number of rotatable bonds is 5. The molecule has 8 nitrogen and oxygen atoms in total. The van der Waals surface area contributed by atoms with Crippen LogP contribution in [-0.4, -0.2) is 23.3 Å². The maximum atomic E-state index is 12.0. The van der Waals surface area contributed by atoms with Gasteiger partial charge in [0.15, 0.2) is 12.4 Å². The van der Waals surface area contributed by atoms with Crippen molar-refractivity contribution in [3.05, 3.63) is 67.6 Å². The average Bonchev–Trinajstić information content (AvgIpc) is 2.60. The van der Waals surface area contributed by atoms with Gasteiger partial charge in [0.2, 0.25) is 0 Å². The van der Waals surface area contributed by atoms with Crippen LogP contribution < -0.4 is 15.6 Å². The summed E-state index contributed by atoms with van der Waals surface area (Å²) < 4.78 is 5.75. The Bertz CT molecular complexity index is 831. The second-order valence-electron chi connectivity index (χ2n) is 4.64. The number of halogens is 2. The van der Waals surface area contributed by atoms with Crippen LogP contribution in [0.25, 0.3) is 0 Å². The molecule has 0 spiro atoms. The van der Waals surface area contributed by atoms with E-state index in [2.05, 4.69) is 26.8 Å². The molecule has 0 saturated carbocycles. The highest BCUT2D eigenvalue weighted by atomic mass is 79.9. The first kappa shape index (κ1) is 18.7. The molecule has 0 aliphatic carbocycles. The van der Waals surface area contributed by atoms with E-state index in [1.54, 1.807) is 6.07 Å². The molecular formula is C15H11BrClN3O5. The number of benzene rings is 2. The molecule has 2 amide bonds. The lowest BCUT2D eigenvalue weighted by molar-refractivity contribution is -0.385. The lowest BCUT2D eigenvalue weighted by Crippen LogP contribution is -2.43. The van der Waals surface area contributed by atoms with E-state index in [4.69, 9.17) is 16.3 Å². The average molecular weight is 429 g/mol. The van der Waals surface area contributed by atoms with Crippen molar-refractivity contribution in [1.29, 1.82) is 0 Å². The van der Waals surface area contributed by atoms with Gasteiger partial charge < -0.3 is 4.74 Å². The van der Waals surface area contributed by atoms with E-state index < -0.39 is 23.3 Å². The Hall–Kier alpha value is -2.65. The van der Waals surface area contributed by atoms with Crippen LogP contribution in [0.5, 0.6) is 5.75 Å². The Labute approximate surface area is 155 Å². The van der Waals surface area contributed by atoms with Crippen molar-refractivity contribution in [3.63, 3.8) is 0 Å². The molecule has 0 aromatic heterocycles. The Balaban J connectivity index is 1.90. The Morgan fingerprint density at radius 2 is 1.92 bits per heavy atom. The Morgan fingerprint density at radius 1 is 1.20 bits per heavy atom. The minimum atomic E-state index is -0.697. The van der Waals surface area contributed by atoms with E-state index in [9.17, 15) is 19.7 Å². The van der Waals surface area contributed by atoms with Crippen LogP contribution in [0.2, 0.25) is 5.02 Å². The van der Waals surface area contributed by atoms with Gasteiger partial charge in [0.1, 0.15) is 0 Å². The van der Waals surface area contributed by atoms with Crippen molar-refractivity contribution in [2.75, 3.05) is 6.61 Å². The number of carbonyl (C=O) groups is 2. The minimum absolute atomic E-state index is 0.0518. The molecule has 2 aromatic rings. The summed E-state index contributed by atoms with van der Waals surface area (Å²) in [4.78, 5) is 33.9. The normalized spacial score (nSPS) is 10.0. The second-order valence-corrected chi connectivity index (χ2v) is 5.96. The summed E-state index contributed by atoms with van der Waals surface area (Å²) >= 11 is 9.12. The third-order valence-corrected chi connectivity index (χ3v) is 3.73. The number of nitro groups is 1. The van der Waals surface area contributed by atoms with E-state index in [0.29, 0.717) is 4.47 Å². The van der Waals surface area contributed by atoms with Gasteiger partial charge in [-0.25, -0.2) is 0 Å². The number of nitrogens with zero attached hydrogens (tertiary/aromatic N) is 1. The molecule has 2 N–H and O–H groups in total. The number of carbonyl (C=O) groups excluding carboxylic acids is 2. The monoisotopic (exact) mass is 427 g/mol. The summed E-state index contributed by atoms with van der Waals surface area (Å²) in [6, 6.07) is 10.3. The van der Waals surface area contributed by atoms with Gasteiger partial charge in [0.05, 0.1) is 15.5 Å². The fraction of sp³-hybridized carbons (Fsp3) is 0.0667. The van der Waals surface area contributed by atoms with E-state index in [-0.39, 0.29) is 22.0 Å². The molecule has 0 aliphatic heterocycles. The molecule has 0 heterocycles. The molecule has 2 aromatic carbocycles. The van der Waals surface area contributed by atoms with Gasteiger partial charge in [0, 0.05) is 10.5 Å². The van der Waals surface area contributed by atoms with Gasteiger partial charge in [-0.2, -0.15) is 0 Å². The van der Waals surface area contributed by atoms with Crippen molar-refractivity contribution in [2.24, 2.45) is 0 Å². The SMILES string of the molecule is O=C(COc1ccccc1[N+](=O)[O-])NNC(=O)c1cc(Br)ccc1Cl. The molecule has 0 fully saturated rings. The number of hydrazine groups is 1. The van der Waals surface area contributed by atoms with Gasteiger partial charge in [-0.3, -0.25) is 30.6 Å². The number of amides is 2. The molecule has 0 atom stereocenters. The van der Waals surface area contributed by atoms with Crippen LogP contribution >= 0.6 is 27.5 Å². The highest BCUT2D eigenvalue weighted by Crippen LogP contribution is 2.25. The van der Waals surface area contributed by atoms with Crippen molar-refractivity contribution in [3.8, 4) is 5.75 Å². The van der Waals surface area contributed by atoms with Crippen LogP contribution in [-0.2, 0) is 4.79 Å². The summed E-state index contributed by atoms with van der Waals surface area (Å²) in [5.74, 6) is -1.37. The number of para-hydroxylation sites is 2. The largest absolute Gasteiger partial charge is 0.477 e. The summed E-state index contributed by atoms with van der Waals surface area (Å²) in [5, 5.41) is 11.1. The first-order chi connectivity index (χ1) is 11.9. The van der Waals surface area contributed by atoms with Crippen LogP contribution in [0.4, 0.5) is 5.69 Å². The number of ether oxygens (including phenoxy) is 1. The smallest absolute Gasteiger partial charge is 0.310 e. The number of nitrogens with one attached hydrogen (secondary N) is 2. The number of hydrogen-bond donors (Lipinski definition) is 2. The fourth-order valence-electron chi connectivity index (χ4n) is 1.77. The highest BCUT2D eigenvalue weighted by molar-refractivity contribution is 9.10.